The van der Waals surface area contributed by atoms with E-state index in [-0.39, 0.29) is 60.5 Å². The van der Waals surface area contributed by atoms with Crippen molar-refractivity contribution in [3.05, 3.63) is 59.6 Å². The Hall–Kier alpha value is -4.67. The van der Waals surface area contributed by atoms with Crippen molar-refractivity contribution in [3.8, 4) is 11.3 Å². The average molecular weight is 624 g/mol. The van der Waals surface area contributed by atoms with E-state index < -0.39 is 48.2 Å². The predicted molar refractivity (Wildman–Crippen MR) is 146 cm³/mol. The molecule has 11 nitrogen and oxygen atoms in total. The maximum Gasteiger partial charge on any atom is 0.435 e. The van der Waals surface area contributed by atoms with Gasteiger partial charge in [0, 0.05) is 50.5 Å². The van der Waals surface area contributed by atoms with Crippen molar-refractivity contribution in [2.24, 2.45) is 5.73 Å². The van der Waals surface area contributed by atoms with Crippen molar-refractivity contribution in [2.75, 3.05) is 31.5 Å². The SMILES string of the molecule is Cc1cc(Nc2nccn3c(-c4cn(CC(F)F)nc4C(F)(F)F)cnc23)cc(F)c1C(=O)N1CCN(C(=O)C(C)N)CC1. The topological polar surface area (TPSA) is 127 Å². The van der Waals surface area contributed by atoms with Gasteiger partial charge in [-0.3, -0.25) is 18.7 Å². The van der Waals surface area contributed by atoms with Crippen LogP contribution in [0.1, 0.15) is 28.5 Å². The molecule has 0 radical (unpaired) electrons. The lowest BCUT2D eigenvalue weighted by atomic mass is 10.0. The van der Waals surface area contributed by atoms with E-state index in [0.717, 1.165) is 18.5 Å². The first kappa shape index (κ1) is 30.8. The monoisotopic (exact) mass is 623 g/mol. The summed E-state index contributed by atoms with van der Waals surface area (Å²) in [5, 5.41) is 6.20. The number of nitrogens with two attached hydrogens (primary N) is 1. The van der Waals surface area contributed by atoms with Gasteiger partial charge in [0.2, 0.25) is 5.91 Å². The third-order valence-electron chi connectivity index (χ3n) is 7.09. The van der Waals surface area contributed by atoms with Crippen molar-refractivity contribution in [1.82, 2.24) is 33.9 Å². The van der Waals surface area contributed by atoms with E-state index in [1.807, 2.05) is 0 Å². The lowest BCUT2D eigenvalue weighted by molar-refractivity contribution is -0.141. The molecule has 1 unspecified atom stereocenters. The van der Waals surface area contributed by atoms with E-state index in [4.69, 9.17) is 5.73 Å². The number of aromatic nitrogens is 5. The Morgan fingerprint density at radius 3 is 2.39 bits per heavy atom. The first-order chi connectivity index (χ1) is 20.7. The molecule has 1 fully saturated rings. The third-order valence-corrected chi connectivity index (χ3v) is 7.09. The molecule has 0 saturated carbocycles. The molecule has 1 aliphatic rings. The summed E-state index contributed by atoms with van der Waals surface area (Å²) in [6.07, 6.45) is -3.24. The number of anilines is 2. The van der Waals surface area contributed by atoms with E-state index in [1.54, 1.807) is 18.7 Å². The maximum atomic E-state index is 15.3. The van der Waals surface area contributed by atoms with Gasteiger partial charge in [0.25, 0.3) is 12.3 Å². The summed E-state index contributed by atoms with van der Waals surface area (Å²) >= 11 is 0. The Morgan fingerprint density at radius 1 is 1.09 bits per heavy atom. The van der Waals surface area contributed by atoms with Crippen LogP contribution in [0.25, 0.3) is 16.9 Å². The van der Waals surface area contributed by atoms with Crippen molar-refractivity contribution in [2.45, 2.75) is 39.0 Å². The first-order valence-electron chi connectivity index (χ1n) is 13.4. The number of hydrogen-bond donors (Lipinski definition) is 2. The molecule has 1 aliphatic heterocycles. The molecule has 234 valence electrons. The predicted octanol–water partition coefficient (Wildman–Crippen LogP) is 3.70. The second-order valence-corrected chi connectivity index (χ2v) is 10.3. The minimum atomic E-state index is -4.93. The number of rotatable bonds is 7. The van der Waals surface area contributed by atoms with E-state index >= 15 is 4.39 Å². The molecule has 5 rings (SSSR count). The molecule has 3 N–H and O–H groups in total. The Bertz CT molecular complexity index is 1680. The highest BCUT2D eigenvalue weighted by molar-refractivity contribution is 5.97. The minimum Gasteiger partial charge on any atom is -0.338 e. The van der Waals surface area contributed by atoms with Crippen LogP contribution >= 0.6 is 0 Å². The number of amides is 2. The van der Waals surface area contributed by atoms with Gasteiger partial charge in [-0.25, -0.2) is 23.1 Å². The number of alkyl halides is 5. The number of nitrogens with one attached hydrogen (secondary N) is 1. The molecule has 1 saturated heterocycles. The Morgan fingerprint density at radius 2 is 1.77 bits per heavy atom. The molecule has 44 heavy (non-hydrogen) atoms. The smallest absolute Gasteiger partial charge is 0.338 e. The van der Waals surface area contributed by atoms with Gasteiger partial charge in [0.05, 0.1) is 29.1 Å². The van der Waals surface area contributed by atoms with Gasteiger partial charge in [0.1, 0.15) is 12.4 Å². The number of imidazole rings is 1. The molecular formula is C27H27F6N9O2. The molecule has 0 bridgehead atoms. The summed E-state index contributed by atoms with van der Waals surface area (Å²) in [5.41, 5.74) is 4.18. The van der Waals surface area contributed by atoms with Gasteiger partial charge < -0.3 is 20.9 Å². The summed E-state index contributed by atoms with van der Waals surface area (Å²) < 4.78 is 84.0. The summed E-state index contributed by atoms with van der Waals surface area (Å²) in [4.78, 5) is 36.7. The number of piperazine rings is 1. The average Bonchev–Trinajstić information content (AvgIpc) is 3.56. The van der Waals surface area contributed by atoms with E-state index in [2.05, 4.69) is 20.4 Å². The van der Waals surface area contributed by atoms with Crippen molar-refractivity contribution in [1.29, 1.82) is 0 Å². The molecule has 0 aliphatic carbocycles. The summed E-state index contributed by atoms with van der Waals surface area (Å²) in [7, 11) is 0. The highest BCUT2D eigenvalue weighted by Crippen LogP contribution is 2.37. The zero-order valence-corrected chi connectivity index (χ0v) is 23.4. The third kappa shape index (κ3) is 6.04. The molecule has 4 aromatic rings. The first-order valence-corrected chi connectivity index (χ1v) is 13.4. The second kappa shape index (κ2) is 11.8. The van der Waals surface area contributed by atoms with Crippen LogP contribution in [0.4, 0.5) is 37.8 Å². The zero-order valence-electron chi connectivity index (χ0n) is 23.4. The normalized spacial score (nSPS) is 14.9. The number of carbonyl (C=O) groups is 2. The maximum absolute atomic E-state index is 15.3. The van der Waals surface area contributed by atoms with Crippen molar-refractivity contribution >= 4 is 29.0 Å². The van der Waals surface area contributed by atoms with Crippen LogP contribution in [0, 0.1) is 12.7 Å². The number of fused-ring (bicyclic) bond motifs is 1. The number of aryl methyl sites for hydroxylation is 1. The van der Waals surface area contributed by atoms with Crippen molar-refractivity contribution in [3.63, 3.8) is 0 Å². The molecule has 17 heteroatoms. The molecule has 3 aromatic heterocycles. The fourth-order valence-corrected chi connectivity index (χ4v) is 5.06. The highest BCUT2D eigenvalue weighted by atomic mass is 19.4. The number of nitrogens with zero attached hydrogens (tertiary/aromatic N) is 7. The number of halogens is 6. The lowest BCUT2D eigenvalue weighted by Crippen LogP contribution is -2.53. The van der Waals surface area contributed by atoms with Gasteiger partial charge in [-0.15, -0.1) is 0 Å². The van der Waals surface area contributed by atoms with Gasteiger partial charge in [0.15, 0.2) is 17.2 Å². The van der Waals surface area contributed by atoms with Gasteiger partial charge in [-0.05, 0) is 31.5 Å². The second-order valence-electron chi connectivity index (χ2n) is 10.3. The van der Waals surface area contributed by atoms with Crippen LogP contribution in [0.5, 0.6) is 0 Å². The van der Waals surface area contributed by atoms with E-state index in [0.29, 0.717) is 10.2 Å². The molecule has 2 amide bonds. The van der Waals surface area contributed by atoms with Crippen LogP contribution in [-0.4, -0.2) is 84.4 Å². The molecule has 4 heterocycles. The standard InChI is InChI=1S/C27H27F6N9O2/c1-14-9-16(10-18(28)21(14)26(44)40-7-5-39(6-8-40)25(43)15(2)34)37-23-24-36-11-19(42(24)4-3-35-23)17-12-41(13-20(29)30)38-22(17)27(31,32)33/h3-4,9-12,15,20H,5-8,13,34H2,1-2H3,(H,35,37). The Balaban J connectivity index is 1.40. The Kier molecular flexibility index (Phi) is 8.24. The molecule has 1 aromatic carbocycles. The fourth-order valence-electron chi connectivity index (χ4n) is 5.06. The van der Waals surface area contributed by atoms with Gasteiger partial charge in [-0.2, -0.15) is 18.3 Å². The van der Waals surface area contributed by atoms with Crippen LogP contribution in [0.15, 0.2) is 36.9 Å². The summed E-state index contributed by atoms with van der Waals surface area (Å²) in [6.45, 7) is 3.06. The van der Waals surface area contributed by atoms with Gasteiger partial charge >= 0.3 is 6.18 Å². The lowest BCUT2D eigenvalue weighted by Gasteiger charge is -2.35. The highest BCUT2D eigenvalue weighted by Gasteiger charge is 2.38. The summed E-state index contributed by atoms with van der Waals surface area (Å²) in [6, 6.07) is 1.93. The number of benzene rings is 1. The zero-order chi connectivity index (χ0) is 31.9. The van der Waals surface area contributed by atoms with Crippen LogP contribution in [0.2, 0.25) is 0 Å². The van der Waals surface area contributed by atoms with Crippen LogP contribution in [0.3, 0.4) is 0 Å². The molecule has 0 spiro atoms. The van der Waals surface area contributed by atoms with Crippen LogP contribution < -0.4 is 11.1 Å². The Labute approximate surface area is 246 Å². The molecule has 1 atom stereocenters. The molecular weight excluding hydrogens is 596 g/mol. The minimum absolute atomic E-state index is 0.0556. The summed E-state index contributed by atoms with van der Waals surface area (Å²) in [5.74, 6) is -1.53. The van der Waals surface area contributed by atoms with E-state index in [1.165, 1.54) is 27.8 Å². The van der Waals surface area contributed by atoms with E-state index in [9.17, 15) is 31.5 Å². The largest absolute Gasteiger partial charge is 0.435 e. The quantitative estimate of drug-likeness (QED) is 0.301. The number of hydrogen-bond acceptors (Lipinski definition) is 7. The van der Waals surface area contributed by atoms with Crippen LogP contribution in [-0.2, 0) is 17.5 Å². The fraction of sp³-hybridized carbons (Fsp3) is 0.370. The van der Waals surface area contributed by atoms with Crippen molar-refractivity contribution < 1.29 is 35.9 Å². The van der Waals surface area contributed by atoms with Gasteiger partial charge in [-0.1, -0.05) is 0 Å². The number of carbonyl (C=O) groups excluding carboxylic acids is 2.